The lowest BCUT2D eigenvalue weighted by atomic mass is 10.2. The maximum atomic E-state index is 12.1. The Morgan fingerprint density at radius 1 is 1.20 bits per heavy atom. The molecule has 0 spiro atoms. The Hall–Kier alpha value is -1.56. The molecule has 0 heterocycles. The van der Waals surface area contributed by atoms with Gasteiger partial charge in [-0.3, -0.25) is 0 Å². The number of nitrogens with zero attached hydrogens (tertiary/aromatic N) is 1. The largest absolute Gasteiger partial charge is 0.493 e. The average Bonchev–Trinajstić information content (AvgIpc) is 2.47. The van der Waals surface area contributed by atoms with Crippen molar-refractivity contribution in [2.24, 2.45) is 0 Å². The van der Waals surface area contributed by atoms with E-state index in [-0.39, 0.29) is 6.03 Å². The van der Waals surface area contributed by atoms with Crippen molar-refractivity contribution in [1.29, 1.82) is 0 Å². The molecule has 0 fully saturated rings. The van der Waals surface area contributed by atoms with Crippen LogP contribution >= 0.6 is 11.8 Å². The molecule has 2 amide bonds. The van der Waals surface area contributed by atoms with E-state index in [4.69, 9.17) is 9.47 Å². The number of hydrogen-bond acceptors (Lipinski definition) is 4. The van der Waals surface area contributed by atoms with Crippen molar-refractivity contribution in [2.45, 2.75) is 18.7 Å². The standard InChI is InChI=1S/C14H22N2O3S/c1-6-16(7-2)14(17)15-10-8-11(18-3)12(19-4)9-13(10)20-5/h8-9H,6-7H2,1-5H3,(H,15,17). The number of methoxy groups -OCH3 is 2. The maximum absolute atomic E-state index is 12.1. The Balaban J connectivity index is 3.07. The van der Waals surface area contributed by atoms with Gasteiger partial charge in [-0.05, 0) is 26.2 Å². The van der Waals surface area contributed by atoms with E-state index >= 15 is 0 Å². The van der Waals surface area contributed by atoms with Crippen molar-refractivity contribution in [3.8, 4) is 11.5 Å². The Kier molecular flexibility index (Phi) is 6.51. The zero-order valence-electron chi connectivity index (χ0n) is 12.6. The minimum atomic E-state index is -0.113. The highest BCUT2D eigenvalue weighted by Crippen LogP contribution is 2.37. The summed E-state index contributed by atoms with van der Waals surface area (Å²) in [4.78, 5) is 14.8. The van der Waals surface area contributed by atoms with Gasteiger partial charge in [0, 0.05) is 24.1 Å². The van der Waals surface area contributed by atoms with Gasteiger partial charge in [0.2, 0.25) is 0 Å². The van der Waals surface area contributed by atoms with Gasteiger partial charge in [0.1, 0.15) is 0 Å². The van der Waals surface area contributed by atoms with Gasteiger partial charge in [-0.2, -0.15) is 0 Å². The summed E-state index contributed by atoms with van der Waals surface area (Å²) in [7, 11) is 3.17. The Morgan fingerprint density at radius 2 is 1.75 bits per heavy atom. The molecule has 0 saturated carbocycles. The van der Waals surface area contributed by atoms with Crippen LogP contribution in [0.15, 0.2) is 17.0 Å². The van der Waals surface area contributed by atoms with Crippen LogP contribution in [0.2, 0.25) is 0 Å². The third-order valence-corrected chi connectivity index (χ3v) is 3.78. The maximum Gasteiger partial charge on any atom is 0.321 e. The summed E-state index contributed by atoms with van der Waals surface area (Å²) in [6.07, 6.45) is 1.95. The number of ether oxygens (including phenoxy) is 2. The Bertz CT molecular complexity index is 462. The van der Waals surface area contributed by atoms with Gasteiger partial charge in [0.15, 0.2) is 11.5 Å². The van der Waals surface area contributed by atoms with Gasteiger partial charge in [0.25, 0.3) is 0 Å². The first-order valence-electron chi connectivity index (χ1n) is 6.47. The fourth-order valence-corrected chi connectivity index (χ4v) is 2.39. The van der Waals surface area contributed by atoms with E-state index in [0.29, 0.717) is 24.6 Å². The minimum Gasteiger partial charge on any atom is -0.493 e. The summed E-state index contributed by atoms with van der Waals surface area (Å²) < 4.78 is 10.5. The monoisotopic (exact) mass is 298 g/mol. The molecule has 112 valence electrons. The van der Waals surface area contributed by atoms with E-state index in [2.05, 4.69) is 5.32 Å². The summed E-state index contributed by atoms with van der Waals surface area (Å²) in [5.74, 6) is 1.25. The molecule has 5 nitrogen and oxygen atoms in total. The molecule has 0 radical (unpaired) electrons. The minimum absolute atomic E-state index is 0.113. The number of carbonyl (C=O) groups excluding carboxylic acids is 1. The van der Waals surface area contributed by atoms with Crippen LogP contribution in [0.5, 0.6) is 11.5 Å². The third kappa shape index (κ3) is 3.72. The molecule has 0 atom stereocenters. The van der Waals surface area contributed by atoms with Crippen LogP contribution in [0.4, 0.5) is 10.5 Å². The number of amides is 2. The topological polar surface area (TPSA) is 50.8 Å². The average molecular weight is 298 g/mol. The summed E-state index contributed by atoms with van der Waals surface area (Å²) in [5, 5.41) is 2.92. The van der Waals surface area contributed by atoms with Crippen molar-refractivity contribution in [1.82, 2.24) is 4.90 Å². The number of urea groups is 1. The molecule has 0 bridgehead atoms. The van der Waals surface area contributed by atoms with Crippen LogP contribution in [-0.4, -0.2) is 44.5 Å². The summed E-state index contributed by atoms with van der Waals surface area (Å²) in [6.45, 7) is 5.24. The van der Waals surface area contributed by atoms with Crippen molar-refractivity contribution in [3.05, 3.63) is 12.1 Å². The van der Waals surface area contributed by atoms with E-state index in [0.717, 1.165) is 10.6 Å². The first-order chi connectivity index (χ1) is 9.60. The second-order valence-corrected chi connectivity index (χ2v) is 4.86. The first kappa shape index (κ1) is 16.5. The summed E-state index contributed by atoms with van der Waals surface area (Å²) >= 11 is 1.54. The second-order valence-electron chi connectivity index (χ2n) is 4.01. The summed E-state index contributed by atoms with van der Waals surface area (Å²) in [6, 6.07) is 3.53. The van der Waals surface area contributed by atoms with Gasteiger partial charge in [-0.15, -0.1) is 11.8 Å². The van der Waals surface area contributed by atoms with E-state index in [9.17, 15) is 4.79 Å². The van der Waals surface area contributed by atoms with Crippen LogP contribution < -0.4 is 14.8 Å². The number of thioether (sulfide) groups is 1. The lowest BCUT2D eigenvalue weighted by Crippen LogP contribution is -2.34. The zero-order chi connectivity index (χ0) is 15.1. The molecule has 0 saturated heterocycles. The van der Waals surface area contributed by atoms with E-state index in [1.165, 1.54) is 0 Å². The number of benzene rings is 1. The number of anilines is 1. The second kappa shape index (κ2) is 7.89. The van der Waals surface area contributed by atoms with E-state index in [1.807, 2.05) is 26.2 Å². The molecule has 1 aromatic rings. The van der Waals surface area contributed by atoms with E-state index < -0.39 is 0 Å². The fraction of sp³-hybridized carbons (Fsp3) is 0.500. The predicted octanol–water partition coefficient (Wildman–Crippen LogP) is 3.30. The molecule has 1 N–H and O–H groups in total. The molecule has 0 aliphatic carbocycles. The lowest BCUT2D eigenvalue weighted by Gasteiger charge is -2.21. The van der Waals surface area contributed by atoms with Crippen molar-refractivity contribution >= 4 is 23.5 Å². The predicted molar refractivity (Wildman–Crippen MR) is 83.3 cm³/mol. The highest BCUT2D eigenvalue weighted by molar-refractivity contribution is 7.98. The molecule has 0 aliphatic rings. The van der Waals surface area contributed by atoms with Gasteiger partial charge in [-0.25, -0.2) is 4.79 Å². The van der Waals surface area contributed by atoms with E-state index in [1.54, 1.807) is 36.9 Å². The van der Waals surface area contributed by atoms with Gasteiger partial charge >= 0.3 is 6.03 Å². The SMILES string of the molecule is CCN(CC)C(=O)Nc1cc(OC)c(OC)cc1SC. The third-order valence-electron chi connectivity index (χ3n) is 3.00. The highest BCUT2D eigenvalue weighted by Gasteiger charge is 2.15. The first-order valence-corrected chi connectivity index (χ1v) is 7.69. The van der Waals surface area contributed by atoms with Gasteiger partial charge < -0.3 is 19.7 Å². The van der Waals surface area contributed by atoms with Crippen LogP contribution in [0.1, 0.15) is 13.8 Å². The molecule has 0 aliphatic heterocycles. The molecule has 20 heavy (non-hydrogen) atoms. The molecule has 6 heteroatoms. The Labute approximate surface area is 124 Å². The molecule has 0 unspecified atom stereocenters. The van der Waals surface area contributed by atoms with Crippen molar-refractivity contribution < 1.29 is 14.3 Å². The number of nitrogens with one attached hydrogen (secondary N) is 1. The molecule has 1 rings (SSSR count). The van der Waals surface area contributed by atoms with Crippen LogP contribution in [0.25, 0.3) is 0 Å². The molecular weight excluding hydrogens is 276 g/mol. The number of hydrogen-bond donors (Lipinski definition) is 1. The molecular formula is C14H22N2O3S. The van der Waals surface area contributed by atoms with Gasteiger partial charge in [-0.1, -0.05) is 0 Å². The normalized spacial score (nSPS) is 10.1. The van der Waals surface area contributed by atoms with Crippen LogP contribution in [0.3, 0.4) is 0 Å². The highest BCUT2D eigenvalue weighted by atomic mass is 32.2. The molecule has 1 aromatic carbocycles. The van der Waals surface area contributed by atoms with Crippen LogP contribution in [0, 0.1) is 0 Å². The smallest absolute Gasteiger partial charge is 0.321 e. The number of rotatable bonds is 6. The molecule has 0 aromatic heterocycles. The van der Waals surface area contributed by atoms with Crippen molar-refractivity contribution in [3.63, 3.8) is 0 Å². The quantitative estimate of drug-likeness (QED) is 0.819. The lowest BCUT2D eigenvalue weighted by molar-refractivity contribution is 0.217. The Morgan fingerprint density at radius 3 is 2.20 bits per heavy atom. The fourth-order valence-electron chi connectivity index (χ4n) is 1.83. The summed E-state index contributed by atoms with van der Waals surface area (Å²) in [5.41, 5.74) is 0.729. The van der Waals surface area contributed by atoms with Gasteiger partial charge in [0.05, 0.1) is 19.9 Å². The number of carbonyl (C=O) groups is 1. The van der Waals surface area contributed by atoms with Crippen molar-refractivity contribution in [2.75, 3.05) is 38.9 Å². The van der Waals surface area contributed by atoms with Crippen LogP contribution in [-0.2, 0) is 0 Å². The zero-order valence-corrected chi connectivity index (χ0v) is 13.5.